The van der Waals surface area contributed by atoms with Gasteiger partial charge >= 0.3 is 6.16 Å². The van der Waals surface area contributed by atoms with Crippen LogP contribution in [0.15, 0.2) is 48.5 Å². The van der Waals surface area contributed by atoms with Crippen LogP contribution in [0.25, 0.3) is 11.1 Å². The average Bonchev–Trinajstić information content (AvgIpc) is 2.39. The van der Waals surface area contributed by atoms with E-state index >= 15 is 0 Å². The molecule has 0 atom stereocenters. The Labute approximate surface area is 112 Å². The van der Waals surface area contributed by atoms with Crippen LogP contribution >= 0.6 is 0 Å². The number of rotatable bonds is 3. The highest BCUT2D eigenvalue weighted by atomic mass is 16.7. The van der Waals surface area contributed by atoms with Gasteiger partial charge in [-0.1, -0.05) is 50.2 Å². The molecule has 0 bridgehead atoms. The van der Waals surface area contributed by atoms with Crippen molar-refractivity contribution in [1.29, 1.82) is 0 Å². The largest absolute Gasteiger partial charge is 0.511 e. The number of hydrogen-bond acceptors (Lipinski definition) is 2. The summed E-state index contributed by atoms with van der Waals surface area (Å²) in [6.07, 6.45) is -1.30. The fraction of sp³-hybridized carbons (Fsp3) is 0.188. The lowest BCUT2D eigenvalue weighted by Crippen LogP contribution is -2.04. The Morgan fingerprint density at radius 3 is 2.37 bits per heavy atom. The first-order chi connectivity index (χ1) is 9.08. The molecule has 2 aromatic carbocycles. The second-order valence-electron chi connectivity index (χ2n) is 4.64. The van der Waals surface area contributed by atoms with Gasteiger partial charge in [0.2, 0.25) is 0 Å². The molecule has 0 spiro atoms. The summed E-state index contributed by atoms with van der Waals surface area (Å²) in [5, 5.41) is 8.79. The molecule has 0 aliphatic heterocycles. The first kappa shape index (κ1) is 13.1. The molecule has 1 N–H and O–H groups in total. The van der Waals surface area contributed by atoms with Crippen LogP contribution in [-0.2, 0) is 0 Å². The molecule has 19 heavy (non-hydrogen) atoms. The van der Waals surface area contributed by atoms with Crippen LogP contribution in [-0.4, -0.2) is 11.3 Å². The van der Waals surface area contributed by atoms with Gasteiger partial charge in [0.25, 0.3) is 0 Å². The lowest BCUT2D eigenvalue weighted by molar-refractivity contribution is 0.144. The van der Waals surface area contributed by atoms with Crippen molar-refractivity contribution in [2.75, 3.05) is 0 Å². The maximum absolute atomic E-state index is 10.7. The van der Waals surface area contributed by atoms with Crippen molar-refractivity contribution in [3.05, 3.63) is 54.1 Å². The zero-order valence-electron chi connectivity index (χ0n) is 11.0. The van der Waals surface area contributed by atoms with E-state index in [0.29, 0.717) is 11.7 Å². The van der Waals surface area contributed by atoms with Crippen LogP contribution in [0.2, 0.25) is 0 Å². The predicted octanol–water partition coefficient (Wildman–Crippen LogP) is 4.53. The van der Waals surface area contributed by atoms with E-state index in [-0.39, 0.29) is 0 Å². The van der Waals surface area contributed by atoms with E-state index in [1.807, 2.05) is 42.5 Å². The first-order valence-electron chi connectivity index (χ1n) is 6.18. The van der Waals surface area contributed by atoms with Crippen LogP contribution < -0.4 is 4.74 Å². The Morgan fingerprint density at radius 2 is 1.79 bits per heavy atom. The molecule has 3 heteroatoms. The summed E-state index contributed by atoms with van der Waals surface area (Å²) in [6, 6.07) is 15.2. The number of benzene rings is 2. The number of carbonyl (C=O) groups is 1. The van der Waals surface area contributed by atoms with Crippen LogP contribution in [0.4, 0.5) is 4.79 Å². The smallest absolute Gasteiger partial charge is 0.449 e. The van der Waals surface area contributed by atoms with Crippen molar-refractivity contribution in [3.8, 4) is 16.9 Å². The van der Waals surface area contributed by atoms with Crippen molar-refractivity contribution < 1.29 is 14.6 Å². The number of hydrogen-bond donors (Lipinski definition) is 1. The van der Waals surface area contributed by atoms with E-state index in [1.165, 1.54) is 0 Å². The highest BCUT2D eigenvalue weighted by Gasteiger charge is 2.12. The molecule has 0 radical (unpaired) electrons. The number of ether oxygens (including phenoxy) is 1. The number of carboxylic acid groups (broad SMARTS) is 1. The van der Waals surface area contributed by atoms with Crippen molar-refractivity contribution in [2.24, 2.45) is 0 Å². The van der Waals surface area contributed by atoms with Gasteiger partial charge in [0.15, 0.2) is 0 Å². The van der Waals surface area contributed by atoms with Gasteiger partial charge in [-0.2, -0.15) is 0 Å². The zero-order chi connectivity index (χ0) is 13.8. The van der Waals surface area contributed by atoms with Gasteiger partial charge in [0, 0.05) is 5.56 Å². The monoisotopic (exact) mass is 256 g/mol. The fourth-order valence-electron chi connectivity index (χ4n) is 1.93. The van der Waals surface area contributed by atoms with E-state index in [2.05, 4.69) is 13.8 Å². The maximum atomic E-state index is 10.7. The molecule has 0 aliphatic carbocycles. The zero-order valence-corrected chi connectivity index (χ0v) is 11.0. The van der Waals surface area contributed by atoms with Gasteiger partial charge in [-0.15, -0.1) is 0 Å². The van der Waals surface area contributed by atoms with Gasteiger partial charge in [-0.25, -0.2) is 4.79 Å². The quantitative estimate of drug-likeness (QED) is 0.648. The van der Waals surface area contributed by atoms with E-state index in [1.54, 1.807) is 6.07 Å². The third-order valence-corrected chi connectivity index (χ3v) is 2.95. The molecule has 0 fully saturated rings. The van der Waals surface area contributed by atoms with Crippen LogP contribution in [0, 0.1) is 0 Å². The van der Waals surface area contributed by atoms with E-state index in [4.69, 9.17) is 9.84 Å². The van der Waals surface area contributed by atoms with Crippen molar-refractivity contribution in [3.63, 3.8) is 0 Å². The van der Waals surface area contributed by atoms with Crippen molar-refractivity contribution in [2.45, 2.75) is 19.8 Å². The Morgan fingerprint density at radius 1 is 1.11 bits per heavy atom. The molecule has 2 rings (SSSR count). The van der Waals surface area contributed by atoms with Crippen LogP contribution in [0.5, 0.6) is 5.75 Å². The molecule has 0 aliphatic rings. The molecule has 0 saturated heterocycles. The molecule has 0 unspecified atom stereocenters. The summed E-state index contributed by atoms with van der Waals surface area (Å²) in [7, 11) is 0. The molecule has 0 heterocycles. The van der Waals surface area contributed by atoms with Crippen LogP contribution in [0.1, 0.15) is 25.3 Å². The Balaban J connectivity index is 2.53. The molecule has 0 saturated carbocycles. The van der Waals surface area contributed by atoms with Gasteiger partial charge in [-0.3, -0.25) is 0 Å². The topological polar surface area (TPSA) is 46.5 Å². The van der Waals surface area contributed by atoms with Gasteiger partial charge in [-0.05, 0) is 29.2 Å². The van der Waals surface area contributed by atoms with Crippen molar-refractivity contribution >= 4 is 6.16 Å². The Hall–Kier alpha value is -2.29. The third kappa shape index (κ3) is 3.13. The summed E-state index contributed by atoms with van der Waals surface area (Å²) in [4.78, 5) is 10.7. The van der Waals surface area contributed by atoms with Gasteiger partial charge < -0.3 is 9.84 Å². The fourth-order valence-corrected chi connectivity index (χ4v) is 1.93. The average molecular weight is 256 g/mol. The molecular formula is C16H16O3. The van der Waals surface area contributed by atoms with E-state index in [0.717, 1.165) is 16.7 Å². The Bertz CT molecular complexity index is 574. The molecule has 3 nitrogen and oxygen atoms in total. The van der Waals surface area contributed by atoms with E-state index in [9.17, 15) is 4.79 Å². The molecule has 0 aromatic heterocycles. The molecule has 2 aromatic rings. The Kier molecular flexibility index (Phi) is 3.85. The minimum Gasteiger partial charge on any atom is -0.449 e. The lowest BCUT2D eigenvalue weighted by atomic mass is 9.96. The summed E-state index contributed by atoms with van der Waals surface area (Å²) < 4.78 is 4.85. The SMILES string of the molecule is CC(C)c1ccc(OC(=O)O)c(-c2ccccc2)c1. The molecular weight excluding hydrogens is 240 g/mol. The van der Waals surface area contributed by atoms with E-state index < -0.39 is 6.16 Å². The van der Waals surface area contributed by atoms with Crippen LogP contribution in [0.3, 0.4) is 0 Å². The van der Waals surface area contributed by atoms with Crippen molar-refractivity contribution in [1.82, 2.24) is 0 Å². The summed E-state index contributed by atoms with van der Waals surface area (Å²) in [5.74, 6) is 0.740. The molecule has 98 valence electrons. The standard InChI is InChI=1S/C16H16O3/c1-11(2)13-8-9-15(19-16(17)18)14(10-13)12-6-4-3-5-7-12/h3-11H,1-2H3,(H,17,18). The highest BCUT2D eigenvalue weighted by molar-refractivity contribution is 5.74. The third-order valence-electron chi connectivity index (χ3n) is 2.95. The predicted molar refractivity (Wildman–Crippen MR) is 74.6 cm³/mol. The van der Waals surface area contributed by atoms with Gasteiger partial charge in [0.05, 0.1) is 0 Å². The first-order valence-corrected chi connectivity index (χ1v) is 6.18. The summed E-state index contributed by atoms with van der Waals surface area (Å²) >= 11 is 0. The summed E-state index contributed by atoms with van der Waals surface area (Å²) in [5.41, 5.74) is 2.90. The lowest BCUT2D eigenvalue weighted by Gasteiger charge is -2.12. The van der Waals surface area contributed by atoms with Gasteiger partial charge in [0.1, 0.15) is 5.75 Å². The highest BCUT2D eigenvalue weighted by Crippen LogP contribution is 2.33. The second kappa shape index (κ2) is 5.57. The molecule has 0 amide bonds. The minimum absolute atomic E-state index is 0.364. The summed E-state index contributed by atoms with van der Waals surface area (Å²) in [6.45, 7) is 4.20. The second-order valence-corrected chi connectivity index (χ2v) is 4.64. The maximum Gasteiger partial charge on any atom is 0.511 e. The normalized spacial score (nSPS) is 10.5. The minimum atomic E-state index is -1.30.